The molecule has 0 aliphatic carbocycles. The summed E-state index contributed by atoms with van der Waals surface area (Å²) in [7, 11) is -3.77. The lowest BCUT2D eigenvalue weighted by Crippen LogP contribution is -2.27. The first-order valence-electron chi connectivity index (χ1n) is 7.27. The van der Waals surface area contributed by atoms with Crippen LogP contribution in [0.3, 0.4) is 0 Å². The zero-order valence-corrected chi connectivity index (χ0v) is 14.1. The quantitative estimate of drug-likeness (QED) is 0.418. The molecule has 0 saturated heterocycles. The Labute approximate surface area is 138 Å². The third-order valence-electron chi connectivity index (χ3n) is 3.04. The van der Waals surface area contributed by atoms with Gasteiger partial charge in [0.1, 0.15) is 0 Å². The number of rotatable bonds is 8. The number of Topliss-reactive ketones (excluding diaryl/α,β-unsaturated/α-hetero) is 1. The lowest BCUT2D eigenvalue weighted by atomic mass is 10.2. The normalized spacial score (nSPS) is 10.3. The molecular formula is C18H21NO3S. The molecule has 0 fully saturated rings. The van der Waals surface area contributed by atoms with Gasteiger partial charge in [0.25, 0.3) is 10.0 Å². The average Bonchev–Trinajstić information content (AvgIpc) is 2.53. The fourth-order valence-electron chi connectivity index (χ4n) is 1.70. The molecule has 0 unspecified atom stereocenters. The van der Waals surface area contributed by atoms with Crippen molar-refractivity contribution in [1.29, 1.82) is 0 Å². The zero-order chi connectivity index (χ0) is 17.3. The van der Waals surface area contributed by atoms with Crippen molar-refractivity contribution < 1.29 is 13.2 Å². The van der Waals surface area contributed by atoms with E-state index in [1.807, 2.05) is 6.92 Å². The SMILES string of the molecule is C=CCCC(=O)C#CN(CCC=C)S(=O)(=O)c1ccc(C)cc1. The first-order chi connectivity index (χ1) is 10.9. The molecule has 0 aromatic heterocycles. The van der Waals surface area contributed by atoms with Crippen LogP contribution in [0, 0.1) is 18.9 Å². The number of nitrogens with zero attached hydrogens (tertiary/aromatic N) is 1. The predicted octanol–water partition coefficient (Wildman–Crippen LogP) is 3.06. The van der Waals surface area contributed by atoms with Crippen molar-refractivity contribution in [1.82, 2.24) is 4.31 Å². The maximum Gasteiger partial charge on any atom is 0.270 e. The van der Waals surface area contributed by atoms with Crippen LogP contribution in [-0.4, -0.2) is 25.1 Å². The topological polar surface area (TPSA) is 54.5 Å². The molecule has 0 aliphatic heterocycles. The van der Waals surface area contributed by atoms with Gasteiger partial charge < -0.3 is 0 Å². The molecule has 23 heavy (non-hydrogen) atoms. The van der Waals surface area contributed by atoms with Gasteiger partial charge in [-0.15, -0.1) is 13.2 Å². The number of ketones is 1. The molecular weight excluding hydrogens is 310 g/mol. The van der Waals surface area contributed by atoms with Crippen LogP contribution in [0.1, 0.15) is 24.8 Å². The molecule has 1 rings (SSSR count). The molecule has 0 atom stereocenters. The van der Waals surface area contributed by atoms with Gasteiger partial charge in [0.2, 0.25) is 5.78 Å². The van der Waals surface area contributed by atoms with E-state index in [-0.39, 0.29) is 23.6 Å². The van der Waals surface area contributed by atoms with Crippen molar-refractivity contribution in [2.75, 3.05) is 6.54 Å². The Morgan fingerprint density at radius 1 is 1.17 bits per heavy atom. The number of sulfonamides is 1. The number of carbonyl (C=O) groups is 1. The van der Waals surface area contributed by atoms with Crippen LogP contribution in [0.15, 0.2) is 54.5 Å². The number of hydrogen-bond donors (Lipinski definition) is 0. The Bertz CT molecular complexity index is 722. The van der Waals surface area contributed by atoms with E-state index in [4.69, 9.17) is 0 Å². The second-order valence-electron chi connectivity index (χ2n) is 4.95. The van der Waals surface area contributed by atoms with Gasteiger partial charge in [-0.1, -0.05) is 29.8 Å². The van der Waals surface area contributed by atoms with Crippen LogP contribution in [0.4, 0.5) is 0 Å². The Morgan fingerprint density at radius 2 is 1.78 bits per heavy atom. The van der Waals surface area contributed by atoms with Gasteiger partial charge in [-0.05, 0) is 37.8 Å². The number of aryl methyl sites for hydroxylation is 1. The number of benzene rings is 1. The molecule has 0 saturated carbocycles. The minimum atomic E-state index is -3.77. The smallest absolute Gasteiger partial charge is 0.270 e. The zero-order valence-electron chi connectivity index (χ0n) is 13.3. The Balaban J connectivity index is 3.07. The van der Waals surface area contributed by atoms with E-state index in [2.05, 4.69) is 25.1 Å². The van der Waals surface area contributed by atoms with Crippen LogP contribution in [0.25, 0.3) is 0 Å². The molecule has 4 nitrogen and oxygen atoms in total. The molecule has 0 radical (unpaired) electrons. The first kappa shape index (κ1) is 18.7. The molecule has 0 aliphatic rings. The summed E-state index contributed by atoms with van der Waals surface area (Å²) in [5.74, 6) is 2.08. The molecule has 5 heteroatoms. The van der Waals surface area contributed by atoms with Crippen molar-refractivity contribution in [3.8, 4) is 12.0 Å². The van der Waals surface area contributed by atoms with Crippen LogP contribution in [0.5, 0.6) is 0 Å². The summed E-state index contributed by atoms with van der Waals surface area (Å²) in [6.07, 6.45) is 4.43. The highest BCUT2D eigenvalue weighted by Gasteiger charge is 2.21. The molecule has 0 N–H and O–H groups in total. The van der Waals surface area contributed by atoms with Gasteiger partial charge in [0.05, 0.1) is 4.90 Å². The number of carbonyl (C=O) groups excluding carboxylic acids is 1. The standard InChI is InChI=1S/C18H21NO3S/c1-4-6-8-17(20)13-15-19(14-7-5-2)23(21,22)18-11-9-16(3)10-12-18/h4-5,9-12H,1-2,6-8,14H2,3H3. The fourth-order valence-corrected chi connectivity index (χ4v) is 2.95. The van der Waals surface area contributed by atoms with Crippen molar-refractivity contribution >= 4 is 15.8 Å². The van der Waals surface area contributed by atoms with E-state index >= 15 is 0 Å². The molecule has 0 spiro atoms. The minimum Gasteiger partial charge on any atom is -0.285 e. The second kappa shape index (κ2) is 8.96. The van der Waals surface area contributed by atoms with Crippen molar-refractivity contribution in [3.63, 3.8) is 0 Å². The number of allylic oxidation sites excluding steroid dienone is 1. The summed E-state index contributed by atoms with van der Waals surface area (Å²) in [5, 5.41) is 0. The summed E-state index contributed by atoms with van der Waals surface area (Å²) < 4.78 is 26.3. The van der Waals surface area contributed by atoms with Crippen LogP contribution in [0.2, 0.25) is 0 Å². The van der Waals surface area contributed by atoms with E-state index in [0.29, 0.717) is 12.8 Å². The molecule has 0 heterocycles. The van der Waals surface area contributed by atoms with Crippen LogP contribution < -0.4 is 0 Å². The highest BCUT2D eigenvalue weighted by molar-refractivity contribution is 7.89. The van der Waals surface area contributed by atoms with E-state index in [1.165, 1.54) is 12.1 Å². The Morgan fingerprint density at radius 3 is 2.35 bits per heavy atom. The summed E-state index contributed by atoms with van der Waals surface area (Å²) in [5.41, 5.74) is 0.965. The molecule has 1 aromatic rings. The predicted molar refractivity (Wildman–Crippen MR) is 92.1 cm³/mol. The molecule has 1 aromatic carbocycles. The summed E-state index contributed by atoms with van der Waals surface area (Å²) in [6, 6.07) is 9.00. The minimum absolute atomic E-state index is 0.153. The van der Waals surface area contributed by atoms with Gasteiger partial charge in [0.15, 0.2) is 0 Å². The summed E-state index contributed by atoms with van der Waals surface area (Å²) >= 11 is 0. The van der Waals surface area contributed by atoms with Gasteiger partial charge in [0, 0.05) is 19.0 Å². The molecule has 122 valence electrons. The maximum absolute atomic E-state index is 12.6. The first-order valence-corrected chi connectivity index (χ1v) is 8.71. The van der Waals surface area contributed by atoms with E-state index in [0.717, 1.165) is 9.87 Å². The van der Waals surface area contributed by atoms with Gasteiger partial charge in [-0.2, -0.15) is 0 Å². The van der Waals surface area contributed by atoms with Crippen molar-refractivity contribution in [2.45, 2.75) is 31.1 Å². The highest BCUT2D eigenvalue weighted by Crippen LogP contribution is 2.16. The van der Waals surface area contributed by atoms with Crippen LogP contribution in [-0.2, 0) is 14.8 Å². The Kier molecular flexibility index (Phi) is 7.30. The summed E-state index contributed by atoms with van der Waals surface area (Å²) in [4.78, 5) is 11.8. The molecule has 0 bridgehead atoms. The summed E-state index contributed by atoms with van der Waals surface area (Å²) in [6.45, 7) is 9.16. The van der Waals surface area contributed by atoms with Crippen molar-refractivity contribution in [3.05, 3.63) is 55.1 Å². The molecule has 0 amide bonds. The van der Waals surface area contributed by atoms with Gasteiger partial charge in [-0.3, -0.25) is 4.79 Å². The third kappa shape index (κ3) is 5.76. The second-order valence-corrected chi connectivity index (χ2v) is 6.82. The monoisotopic (exact) mass is 331 g/mol. The highest BCUT2D eigenvalue weighted by atomic mass is 32.2. The largest absolute Gasteiger partial charge is 0.285 e. The van der Waals surface area contributed by atoms with Gasteiger partial charge >= 0.3 is 0 Å². The third-order valence-corrected chi connectivity index (χ3v) is 4.76. The van der Waals surface area contributed by atoms with E-state index in [9.17, 15) is 13.2 Å². The van der Waals surface area contributed by atoms with E-state index in [1.54, 1.807) is 24.3 Å². The van der Waals surface area contributed by atoms with Gasteiger partial charge in [-0.25, -0.2) is 12.7 Å². The maximum atomic E-state index is 12.6. The Hall–Kier alpha value is -2.32. The van der Waals surface area contributed by atoms with E-state index < -0.39 is 10.0 Å². The van der Waals surface area contributed by atoms with Crippen molar-refractivity contribution in [2.24, 2.45) is 0 Å². The number of hydrogen-bond acceptors (Lipinski definition) is 3. The lowest BCUT2D eigenvalue weighted by Gasteiger charge is -2.17. The lowest BCUT2D eigenvalue weighted by molar-refractivity contribution is -0.113. The average molecular weight is 331 g/mol. The van der Waals surface area contributed by atoms with Crippen LogP contribution >= 0.6 is 0 Å². The fraction of sp³-hybridized carbons (Fsp3) is 0.278.